The molecular formula is C18H17N5O4S. The number of hydrogen-bond acceptors (Lipinski definition) is 7. The summed E-state index contributed by atoms with van der Waals surface area (Å²) >= 11 is 1.31. The Morgan fingerprint density at radius 1 is 1.36 bits per heavy atom. The van der Waals surface area contributed by atoms with Crippen LogP contribution in [0.4, 0.5) is 5.82 Å². The maximum atomic E-state index is 12.7. The van der Waals surface area contributed by atoms with Crippen LogP contribution in [0.15, 0.2) is 28.6 Å². The molecule has 1 aliphatic rings. The molecule has 3 aromatic heterocycles. The molecule has 4 heterocycles. The van der Waals surface area contributed by atoms with Crippen LogP contribution in [0.1, 0.15) is 15.9 Å². The molecule has 1 aliphatic heterocycles. The fraction of sp³-hybridized carbons (Fsp3) is 0.278. The molecule has 0 spiro atoms. The van der Waals surface area contributed by atoms with E-state index in [0.717, 1.165) is 0 Å². The van der Waals surface area contributed by atoms with Crippen molar-refractivity contribution in [3.8, 4) is 5.13 Å². The van der Waals surface area contributed by atoms with E-state index in [-0.39, 0.29) is 22.8 Å². The number of carbonyl (C=O) groups excluding carboxylic acids is 1. The number of carboxylic acids is 1. The highest BCUT2D eigenvalue weighted by Crippen LogP contribution is 2.28. The summed E-state index contributed by atoms with van der Waals surface area (Å²) in [5, 5.41) is 14.6. The Balaban J connectivity index is 1.88. The molecule has 9 nitrogen and oxygen atoms in total. The predicted molar refractivity (Wildman–Crippen MR) is 104 cm³/mol. The number of rotatable bonds is 4. The number of hydrogen-bond donors (Lipinski definition) is 2. The average molecular weight is 399 g/mol. The first-order valence-corrected chi connectivity index (χ1v) is 9.45. The Hall–Kier alpha value is -3.27. The zero-order chi connectivity index (χ0) is 20.0. The second kappa shape index (κ2) is 6.71. The summed E-state index contributed by atoms with van der Waals surface area (Å²) in [6.45, 7) is 2.82. The Morgan fingerprint density at radius 2 is 2.11 bits per heavy atom. The van der Waals surface area contributed by atoms with E-state index in [2.05, 4.69) is 15.3 Å². The lowest BCUT2D eigenvalue weighted by molar-refractivity contribution is -0.125. The number of carbonyl (C=O) groups is 2. The smallest absolute Gasteiger partial charge is 0.341 e. The molecule has 10 heteroatoms. The van der Waals surface area contributed by atoms with Crippen LogP contribution >= 0.6 is 11.3 Å². The van der Waals surface area contributed by atoms with Crippen molar-refractivity contribution in [2.45, 2.75) is 6.92 Å². The summed E-state index contributed by atoms with van der Waals surface area (Å²) in [6, 6.07) is 1.75. The van der Waals surface area contributed by atoms with Crippen molar-refractivity contribution in [3.05, 3.63) is 45.2 Å². The van der Waals surface area contributed by atoms with E-state index < -0.39 is 11.4 Å². The van der Waals surface area contributed by atoms with Crippen LogP contribution in [-0.2, 0) is 4.79 Å². The van der Waals surface area contributed by atoms with Crippen molar-refractivity contribution in [2.75, 3.05) is 25.0 Å². The van der Waals surface area contributed by atoms with Gasteiger partial charge in [0.25, 0.3) is 0 Å². The Bertz CT molecular complexity index is 1150. The molecule has 0 radical (unpaired) electrons. The maximum absolute atomic E-state index is 12.7. The minimum absolute atomic E-state index is 0.0143. The van der Waals surface area contributed by atoms with Crippen molar-refractivity contribution in [2.24, 2.45) is 5.92 Å². The SMILES string of the molecule is CNC(=O)C1CN(c2cc(C)c3c(=O)c(C(=O)O)cn(-c4nccs4)c3n2)C1. The zero-order valence-electron chi connectivity index (χ0n) is 15.2. The number of anilines is 1. The van der Waals surface area contributed by atoms with E-state index in [1.54, 1.807) is 31.6 Å². The van der Waals surface area contributed by atoms with Crippen molar-refractivity contribution in [1.29, 1.82) is 0 Å². The quantitative estimate of drug-likeness (QED) is 0.673. The number of pyridine rings is 2. The lowest BCUT2D eigenvalue weighted by Crippen LogP contribution is -2.53. The Morgan fingerprint density at radius 3 is 2.71 bits per heavy atom. The number of fused-ring (bicyclic) bond motifs is 1. The number of amides is 1. The van der Waals surface area contributed by atoms with Crippen LogP contribution < -0.4 is 15.6 Å². The van der Waals surface area contributed by atoms with Gasteiger partial charge < -0.3 is 15.3 Å². The molecule has 144 valence electrons. The summed E-state index contributed by atoms with van der Waals surface area (Å²) in [5.74, 6) is -0.771. The van der Waals surface area contributed by atoms with Crippen LogP contribution in [0.25, 0.3) is 16.2 Å². The fourth-order valence-electron chi connectivity index (χ4n) is 3.31. The normalized spacial score (nSPS) is 14.1. The highest BCUT2D eigenvalue weighted by molar-refractivity contribution is 7.12. The second-order valence-corrected chi connectivity index (χ2v) is 7.45. The molecule has 1 saturated heterocycles. The van der Waals surface area contributed by atoms with Gasteiger partial charge in [-0.05, 0) is 18.6 Å². The third-order valence-corrected chi connectivity index (χ3v) is 5.59. The summed E-state index contributed by atoms with van der Waals surface area (Å²) in [5.41, 5.74) is 0.0767. The van der Waals surface area contributed by atoms with Gasteiger partial charge in [-0.15, -0.1) is 11.3 Å². The molecular weight excluding hydrogens is 382 g/mol. The van der Waals surface area contributed by atoms with Gasteiger partial charge in [-0.3, -0.25) is 14.2 Å². The number of nitrogens with zero attached hydrogens (tertiary/aromatic N) is 4. The van der Waals surface area contributed by atoms with Gasteiger partial charge in [-0.2, -0.15) is 0 Å². The number of nitrogens with one attached hydrogen (secondary N) is 1. The highest BCUT2D eigenvalue weighted by atomic mass is 32.1. The molecule has 0 atom stereocenters. The first kappa shape index (κ1) is 18.1. The molecule has 2 N–H and O–H groups in total. The van der Waals surface area contributed by atoms with Crippen LogP contribution in [0.5, 0.6) is 0 Å². The Labute approximate surface area is 163 Å². The predicted octanol–water partition coefficient (Wildman–Crippen LogP) is 1.03. The van der Waals surface area contributed by atoms with Crippen molar-refractivity contribution in [1.82, 2.24) is 19.9 Å². The van der Waals surface area contributed by atoms with Crippen LogP contribution in [0, 0.1) is 12.8 Å². The molecule has 3 aromatic rings. The summed E-state index contributed by atoms with van der Waals surface area (Å²) in [4.78, 5) is 46.8. The summed E-state index contributed by atoms with van der Waals surface area (Å²) in [7, 11) is 1.61. The second-order valence-electron chi connectivity index (χ2n) is 6.57. The lowest BCUT2D eigenvalue weighted by Gasteiger charge is -2.39. The van der Waals surface area contributed by atoms with Crippen LogP contribution in [0.3, 0.4) is 0 Å². The van der Waals surface area contributed by atoms with Gasteiger partial charge in [-0.1, -0.05) is 0 Å². The van der Waals surface area contributed by atoms with E-state index in [0.29, 0.717) is 35.2 Å². The molecule has 0 aliphatic carbocycles. The van der Waals surface area contributed by atoms with Crippen molar-refractivity contribution < 1.29 is 14.7 Å². The minimum Gasteiger partial charge on any atom is -0.477 e. The topological polar surface area (TPSA) is 117 Å². The third kappa shape index (κ3) is 2.82. The van der Waals surface area contributed by atoms with Gasteiger partial charge in [-0.25, -0.2) is 14.8 Å². The molecule has 1 fully saturated rings. The standard InChI is InChI=1S/C18H17N5O4S/c1-9-5-12(22-6-10(7-22)16(25)19-2)21-15-13(9)14(24)11(17(26)27)8-23(15)18-20-3-4-28-18/h3-5,8,10H,6-7H2,1-2H3,(H,19,25)(H,26,27). The first-order chi connectivity index (χ1) is 13.4. The van der Waals surface area contributed by atoms with E-state index in [4.69, 9.17) is 0 Å². The highest BCUT2D eigenvalue weighted by Gasteiger charge is 2.33. The average Bonchev–Trinajstić information content (AvgIpc) is 3.14. The van der Waals surface area contributed by atoms with E-state index >= 15 is 0 Å². The van der Waals surface area contributed by atoms with E-state index in [1.165, 1.54) is 22.1 Å². The Kier molecular flexibility index (Phi) is 4.34. The minimum atomic E-state index is -1.29. The number of aromatic nitrogens is 3. The first-order valence-electron chi connectivity index (χ1n) is 8.57. The van der Waals surface area contributed by atoms with Crippen molar-refractivity contribution in [3.63, 3.8) is 0 Å². The molecule has 1 amide bonds. The van der Waals surface area contributed by atoms with Gasteiger partial charge >= 0.3 is 5.97 Å². The van der Waals surface area contributed by atoms with Crippen LogP contribution in [-0.4, -0.2) is 51.7 Å². The maximum Gasteiger partial charge on any atom is 0.341 e. The number of aryl methyl sites for hydroxylation is 1. The molecule has 4 rings (SSSR count). The molecule has 0 unspecified atom stereocenters. The molecule has 0 aromatic carbocycles. The molecule has 0 saturated carbocycles. The third-order valence-electron chi connectivity index (χ3n) is 4.82. The van der Waals surface area contributed by atoms with E-state index in [9.17, 15) is 19.5 Å². The van der Waals surface area contributed by atoms with Crippen molar-refractivity contribution >= 4 is 40.1 Å². The van der Waals surface area contributed by atoms with Gasteiger partial charge in [0.15, 0.2) is 10.8 Å². The number of thiazole rings is 1. The largest absolute Gasteiger partial charge is 0.477 e. The fourth-order valence-corrected chi connectivity index (χ4v) is 3.93. The molecule has 0 bridgehead atoms. The number of carboxylic acid groups (broad SMARTS) is 1. The van der Waals surface area contributed by atoms with Gasteiger partial charge in [0.2, 0.25) is 11.3 Å². The number of aromatic carboxylic acids is 1. The zero-order valence-corrected chi connectivity index (χ0v) is 16.0. The van der Waals surface area contributed by atoms with Gasteiger partial charge in [0.05, 0.1) is 11.3 Å². The van der Waals surface area contributed by atoms with Crippen LogP contribution in [0.2, 0.25) is 0 Å². The summed E-state index contributed by atoms with van der Waals surface area (Å²) < 4.78 is 1.54. The monoisotopic (exact) mass is 399 g/mol. The van der Waals surface area contributed by atoms with Gasteiger partial charge in [0, 0.05) is 37.9 Å². The molecule has 28 heavy (non-hydrogen) atoms. The lowest BCUT2D eigenvalue weighted by atomic mass is 9.99. The van der Waals surface area contributed by atoms with Gasteiger partial charge in [0.1, 0.15) is 11.4 Å². The summed E-state index contributed by atoms with van der Waals surface area (Å²) in [6.07, 6.45) is 2.87. The van der Waals surface area contributed by atoms with E-state index in [1.807, 2.05) is 4.90 Å².